The van der Waals surface area contributed by atoms with Crippen LogP contribution in [0.4, 0.5) is 0 Å². The Hall–Kier alpha value is -0.631. The molecule has 0 spiro atoms. The van der Waals surface area contributed by atoms with Gasteiger partial charge in [-0.25, -0.2) is 0 Å². The van der Waals surface area contributed by atoms with E-state index in [1.54, 1.807) is 0 Å². The predicted octanol–water partition coefficient (Wildman–Crippen LogP) is 0.774. The van der Waals surface area contributed by atoms with E-state index in [4.69, 9.17) is 0 Å². The number of carbonyl (C=O) groups excluding carboxylic acids is 1. The van der Waals surface area contributed by atoms with Gasteiger partial charge in [0.15, 0.2) is 0 Å². The van der Waals surface area contributed by atoms with Gasteiger partial charge in [-0.15, -0.1) is 0 Å². The summed E-state index contributed by atoms with van der Waals surface area (Å²) in [4.78, 5) is 10.7. The first-order chi connectivity index (χ1) is 6.68. The number of rotatable bonds is 5. The van der Waals surface area contributed by atoms with Crippen LogP contribution in [-0.4, -0.2) is 32.0 Å². The molecule has 0 fully saturated rings. The van der Waals surface area contributed by atoms with Gasteiger partial charge in [0.2, 0.25) is 0 Å². The van der Waals surface area contributed by atoms with Crippen molar-refractivity contribution in [2.75, 3.05) is 0 Å². The molecule has 1 aromatic rings. The van der Waals surface area contributed by atoms with Gasteiger partial charge in [-0.05, 0) is 0 Å². The second-order valence-corrected chi connectivity index (χ2v) is 5.48. The molecule has 0 bridgehead atoms. The second-order valence-electron chi connectivity index (χ2n) is 3.18. The third kappa shape index (κ3) is 4.56. The summed E-state index contributed by atoms with van der Waals surface area (Å²) in [7, 11) is 0. The molecule has 0 aromatic heterocycles. The van der Waals surface area contributed by atoms with E-state index in [0.717, 1.165) is 5.32 Å². The third-order valence-electron chi connectivity index (χ3n) is 1.71. The first-order valence-corrected chi connectivity index (χ1v) is 6.60. The Morgan fingerprint density at radius 2 is 2.07 bits per heavy atom. The zero-order chi connectivity index (χ0) is 10.4. The van der Waals surface area contributed by atoms with Gasteiger partial charge in [-0.1, -0.05) is 0 Å². The Labute approximate surface area is 90.5 Å². The van der Waals surface area contributed by atoms with Gasteiger partial charge < -0.3 is 0 Å². The molecule has 0 radical (unpaired) electrons. The number of aliphatic hydroxyl groups excluding tert-OH is 1. The summed E-state index contributed by atoms with van der Waals surface area (Å²) >= 11 is 0.274. The molecule has 1 N–H and O–H groups in total. The van der Waals surface area contributed by atoms with E-state index in [1.807, 2.05) is 18.2 Å². The van der Waals surface area contributed by atoms with Crippen LogP contribution in [0.2, 0.25) is 5.32 Å². The van der Waals surface area contributed by atoms with Crippen molar-refractivity contribution in [2.45, 2.75) is 24.8 Å². The number of benzene rings is 1. The van der Waals surface area contributed by atoms with E-state index in [2.05, 4.69) is 12.1 Å². The van der Waals surface area contributed by atoms with Gasteiger partial charge in [-0.2, -0.15) is 0 Å². The maximum atomic E-state index is 10.7. The molecule has 3 heteroatoms. The number of aliphatic hydroxyl groups is 1. The number of hydrogen-bond acceptors (Lipinski definition) is 2. The minimum atomic E-state index is -0.465. The van der Waals surface area contributed by atoms with Gasteiger partial charge in [0, 0.05) is 0 Å². The van der Waals surface area contributed by atoms with Crippen LogP contribution in [0.15, 0.2) is 30.3 Å². The average Bonchev–Trinajstić information content (AvgIpc) is 2.15. The van der Waals surface area contributed by atoms with Crippen molar-refractivity contribution in [3.63, 3.8) is 0 Å². The van der Waals surface area contributed by atoms with E-state index >= 15 is 0 Å². The molecule has 2 nitrogen and oxygen atoms in total. The number of carbonyl (C=O) groups is 1. The van der Waals surface area contributed by atoms with Gasteiger partial charge >= 0.3 is 90.2 Å². The van der Waals surface area contributed by atoms with Gasteiger partial charge in [0.05, 0.1) is 0 Å². The molecule has 14 heavy (non-hydrogen) atoms. The van der Waals surface area contributed by atoms with Gasteiger partial charge in [0.1, 0.15) is 0 Å². The number of ketones is 1. The summed E-state index contributed by atoms with van der Waals surface area (Å²) in [5.74, 6) is 0.0568. The molecule has 0 aliphatic heterocycles. The minimum absolute atomic E-state index is 0.0568. The predicted molar refractivity (Wildman–Crippen MR) is 57.9 cm³/mol. The molecule has 1 unspecified atom stereocenters. The topological polar surface area (TPSA) is 37.3 Å². The summed E-state index contributed by atoms with van der Waals surface area (Å²) < 4.78 is 1.27. The van der Waals surface area contributed by atoms with Crippen LogP contribution in [0.5, 0.6) is 0 Å². The molecule has 0 saturated carbocycles. The molecule has 1 rings (SSSR count). The summed E-state index contributed by atoms with van der Waals surface area (Å²) in [6, 6.07) is 10.1. The van der Waals surface area contributed by atoms with Crippen LogP contribution in [0.25, 0.3) is 0 Å². The van der Waals surface area contributed by atoms with Crippen molar-refractivity contribution >= 4 is 25.2 Å². The Morgan fingerprint density at radius 1 is 1.43 bits per heavy atom. The van der Waals surface area contributed by atoms with Crippen LogP contribution in [-0.2, 0) is 4.79 Å². The molecule has 0 heterocycles. The van der Waals surface area contributed by atoms with E-state index in [0.29, 0.717) is 0 Å². The summed E-state index contributed by atoms with van der Waals surface area (Å²) in [6.07, 6.45) is -0.179. The fourth-order valence-corrected chi connectivity index (χ4v) is 2.89. The average molecular weight is 257 g/mol. The Bertz CT molecular complexity index is 285. The third-order valence-corrected chi connectivity index (χ3v) is 4.14. The van der Waals surface area contributed by atoms with Crippen molar-refractivity contribution in [3.05, 3.63) is 30.3 Å². The van der Waals surface area contributed by atoms with Gasteiger partial charge in [-0.3, -0.25) is 0 Å². The van der Waals surface area contributed by atoms with E-state index in [1.165, 1.54) is 11.4 Å². The molecular formula is C11H14O2Se. The Balaban J connectivity index is 2.30. The van der Waals surface area contributed by atoms with Crippen molar-refractivity contribution in [3.8, 4) is 0 Å². The van der Waals surface area contributed by atoms with Crippen LogP contribution >= 0.6 is 0 Å². The van der Waals surface area contributed by atoms with Crippen molar-refractivity contribution in [1.29, 1.82) is 0 Å². The molecule has 0 aliphatic carbocycles. The summed E-state index contributed by atoms with van der Waals surface area (Å²) in [5.41, 5.74) is 0. The van der Waals surface area contributed by atoms with Crippen molar-refractivity contribution in [1.82, 2.24) is 0 Å². The van der Waals surface area contributed by atoms with E-state index < -0.39 is 6.10 Å². The second kappa shape index (κ2) is 5.97. The normalized spacial score (nSPS) is 12.4. The first-order valence-electron chi connectivity index (χ1n) is 4.54. The zero-order valence-corrected chi connectivity index (χ0v) is 9.86. The fourth-order valence-electron chi connectivity index (χ4n) is 1.10. The molecule has 1 aromatic carbocycles. The summed E-state index contributed by atoms with van der Waals surface area (Å²) in [6.45, 7) is 1.51. The molecule has 1 atom stereocenters. The fraction of sp³-hybridized carbons (Fsp3) is 0.364. The van der Waals surface area contributed by atoms with E-state index in [9.17, 15) is 9.90 Å². The van der Waals surface area contributed by atoms with Crippen molar-refractivity contribution < 1.29 is 9.90 Å². The van der Waals surface area contributed by atoms with E-state index in [-0.39, 0.29) is 27.2 Å². The number of Topliss-reactive ketones (excluding diaryl/α,β-unsaturated/α-hetero) is 1. The Morgan fingerprint density at radius 3 is 2.64 bits per heavy atom. The standard InChI is InChI=1S/C11H14O2Se/c1-9(12)7-10(13)8-14-11-5-3-2-4-6-11/h2-6,10,13H,7-8H2,1H3. The summed E-state index contributed by atoms with van der Waals surface area (Å²) in [5, 5.41) is 10.2. The number of hydrogen-bond donors (Lipinski definition) is 1. The zero-order valence-electron chi connectivity index (χ0n) is 8.14. The molecular weight excluding hydrogens is 243 g/mol. The first kappa shape index (κ1) is 11.4. The van der Waals surface area contributed by atoms with Gasteiger partial charge in [0.25, 0.3) is 0 Å². The quantitative estimate of drug-likeness (QED) is 0.791. The van der Waals surface area contributed by atoms with Crippen LogP contribution in [0.3, 0.4) is 0 Å². The van der Waals surface area contributed by atoms with Crippen molar-refractivity contribution in [2.24, 2.45) is 0 Å². The monoisotopic (exact) mass is 258 g/mol. The molecule has 0 aliphatic rings. The van der Waals surface area contributed by atoms with Crippen LogP contribution < -0.4 is 4.46 Å². The maximum absolute atomic E-state index is 10.7. The molecule has 0 amide bonds. The Kier molecular flexibility index (Phi) is 4.88. The molecule has 76 valence electrons. The molecule has 0 saturated heterocycles. The van der Waals surface area contributed by atoms with Crippen LogP contribution in [0.1, 0.15) is 13.3 Å². The SMILES string of the molecule is CC(=O)CC(O)C[Se]c1ccccc1. The van der Waals surface area contributed by atoms with Crippen LogP contribution in [0, 0.1) is 0 Å².